The summed E-state index contributed by atoms with van der Waals surface area (Å²) in [5.74, 6) is 1.42. The van der Waals surface area contributed by atoms with E-state index < -0.39 is 4.92 Å². The molecule has 0 amide bonds. The van der Waals surface area contributed by atoms with Crippen molar-refractivity contribution >= 4 is 11.5 Å². The predicted octanol–water partition coefficient (Wildman–Crippen LogP) is 2.82. The number of ether oxygens (including phenoxy) is 1. The minimum absolute atomic E-state index is 0.0164. The number of pyridine rings is 1. The van der Waals surface area contributed by atoms with Gasteiger partial charge in [-0.3, -0.25) is 10.1 Å². The zero-order chi connectivity index (χ0) is 13.0. The van der Waals surface area contributed by atoms with Crippen LogP contribution in [0.3, 0.4) is 0 Å². The highest BCUT2D eigenvalue weighted by Crippen LogP contribution is 2.24. The minimum Gasteiger partial charge on any atom is -0.439 e. The van der Waals surface area contributed by atoms with Crippen LogP contribution in [0, 0.1) is 10.1 Å². The molecule has 92 valence electrons. The van der Waals surface area contributed by atoms with Crippen molar-refractivity contribution in [2.45, 2.75) is 0 Å². The molecule has 0 bridgehead atoms. The second-order valence-corrected chi connectivity index (χ2v) is 3.47. The Kier molecular flexibility index (Phi) is 3.38. The lowest BCUT2D eigenvalue weighted by atomic mass is 10.3. The lowest BCUT2D eigenvalue weighted by Crippen LogP contribution is -1.94. The molecule has 0 atom stereocenters. The second kappa shape index (κ2) is 5.13. The van der Waals surface area contributed by atoms with Gasteiger partial charge in [-0.1, -0.05) is 12.1 Å². The van der Waals surface area contributed by atoms with Crippen LogP contribution in [0.15, 0.2) is 42.5 Å². The van der Waals surface area contributed by atoms with Crippen molar-refractivity contribution in [3.63, 3.8) is 0 Å². The summed E-state index contributed by atoms with van der Waals surface area (Å²) < 4.78 is 5.46. The van der Waals surface area contributed by atoms with E-state index in [0.717, 1.165) is 0 Å². The molecule has 0 aliphatic carbocycles. The lowest BCUT2D eigenvalue weighted by molar-refractivity contribution is -0.384. The van der Waals surface area contributed by atoms with Crippen LogP contribution in [-0.2, 0) is 0 Å². The van der Waals surface area contributed by atoms with Gasteiger partial charge < -0.3 is 10.1 Å². The summed E-state index contributed by atoms with van der Waals surface area (Å²) in [6.45, 7) is 0. The van der Waals surface area contributed by atoms with Gasteiger partial charge in [-0.05, 0) is 12.1 Å². The Labute approximate surface area is 103 Å². The van der Waals surface area contributed by atoms with Crippen molar-refractivity contribution in [1.29, 1.82) is 0 Å². The molecule has 0 unspecified atom stereocenters. The fourth-order valence-electron chi connectivity index (χ4n) is 1.39. The quantitative estimate of drug-likeness (QED) is 0.662. The van der Waals surface area contributed by atoms with Crippen molar-refractivity contribution in [1.82, 2.24) is 4.98 Å². The van der Waals surface area contributed by atoms with E-state index in [-0.39, 0.29) is 5.69 Å². The molecule has 1 aromatic heterocycles. The number of hydrogen-bond acceptors (Lipinski definition) is 5. The molecule has 0 spiro atoms. The van der Waals surface area contributed by atoms with Crippen LogP contribution in [0.4, 0.5) is 11.5 Å². The van der Waals surface area contributed by atoms with Gasteiger partial charge in [0.25, 0.3) is 5.69 Å². The van der Waals surface area contributed by atoms with Crippen LogP contribution in [0.1, 0.15) is 0 Å². The first kappa shape index (κ1) is 11.8. The Morgan fingerprint density at radius 3 is 2.78 bits per heavy atom. The van der Waals surface area contributed by atoms with Crippen LogP contribution in [0.25, 0.3) is 0 Å². The zero-order valence-electron chi connectivity index (χ0n) is 9.66. The SMILES string of the molecule is CNc1cccc(Oc2cccc([N+](=O)[O-])c2)n1. The van der Waals surface area contributed by atoms with Crippen LogP contribution in [-0.4, -0.2) is 17.0 Å². The molecule has 1 aromatic carbocycles. The third-order valence-corrected chi connectivity index (χ3v) is 2.23. The molecule has 2 rings (SSSR count). The molecule has 1 heterocycles. The molecule has 0 saturated heterocycles. The van der Waals surface area contributed by atoms with Gasteiger partial charge in [-0.25, -0.2) is 0 Å². The number of nitrogens with zero attached hydrogens (tertiary/aromatic N) is 2. The first-order valence-corrected chi connectivity index (χ1v) is 5.26. The van der Waals surface area contributed by atoms with Crippen LogP contribution in [0.2, 0.25) is 0 Å². The van der Waals surface area contributed by atoms with Gasteiger partial charge in [0.2, 0.25) is 5.88 Å². The summed E-state index contributed by atoms with van der Waals surface area (Å²) in [4.78, 5) is 14.3. The van der Waals surface area contributed by atoms with E-state index in [1.54, 1.807) is 37.4 Å². The molecule has 0 saturated carbocycles. The topological polar surface area (TPSA) is 77.3 Å². The van der Waals surface area contributed by atoms with E-state index in [1.807, 2.05) is 0 Å². The Balaban J connectivity index is 2.22. The Morgan fingerprint density at radius 1 is 1.28 bits per heavy atom. The molecule has 1 N–H and O–H groups in total. The van der Waals surface area contributed by atoms with Crippen molar-refractivity contribution in [3.05, 3.63) is 52.6 Å². The van der Waals surface area contributed by atoms with Gasteiger partial charge in [0.1, 0.15) is 11.6 Å². The standard InChI is InChI=1S/C12H11N3O3/c1-13-11-6-3-7-12(14-11)18-10-5-2-4-9(8-10)15(16)17/h2-8H,1H3,(H,13,14). The predicted molar refractivity (Wildman–Crippen MR) is 67.0 cm³/mol. The van der Waals surface area contributed by atoms with E-state index in [2.05, 4.69) is 10.3 Å². The number of aromatic nitrogens is 1. The molecular weight excluding hydrogens is 234 g/mol. The van der Waals surface area contributed by atoms with E-state index in [1.165, 1.54) is 12.1 Å². The Bertz CT molecular complexity index is 572. The highest BCUT2D eigenvalue weighted by atomic mass is 16.6. The van der Waals surface area contributed by atoms with Gasteiger partial charge >= 0.3 is 0 Å². The van der Waals surface area contributed by atoms with Crippen LogP contribution >= 0.6 is 0 Å². The number of rotatable bonds is 4. The minimum atomic E-state index is -0.468. The number of non-ortho nitro benzene ring substituents is 1. The fourth-order valence-corrected chi connectivity index (χ4v) is 1.39. The largest absolute Gasteiger partial charge is 0.439 e. The Hall–Kier alpha value is -2.63. The van der Waals surface area contributed by atoms with Gasteiger partial charge in [0.05, 0.1) is 11.0 Å². The maximum Gasteiger partial charge on any atom is 0.273 e. The van der Waals surface area contributed by atoms with Gasteiger partial charge in [-0.2, -0.15) is 4.98 Å². The number of anilines is 1. The highest BCUT2D eigenvalue weighted by molar-refractivity contribution is 5.41. The first-order valence-electron chi connectivity index (χ1n) is 5.26. The van der Waals surface area contributed by atoms with E-state index in [4.69, 9.17) is 4.74 Å². The smallest absolute Gasteiger partial charge is 0.273 e. The van der Waals surface area contributed by atoms with Gasteiger partial charge in [-0.15, -0.1) is 0 Å². The van der Waals surface area contributed by atoms with Crippen LogP contribution in [0.5, 0.6) is 11.6 Å². The van der Waals surface area contributed by atoms with E-state index in [0.29, 0.717) is 17.4 Å². The molecule has 6 heteroatoms. The van der Waals surface area contributed by atoms with Gasteiger partial charge in [0, 0.05) is 19.2 Å². The van der Waals surface area contributed by atoms with Gasteiger partial charge in [0.15, 0.2) is 0 Å². The number of nitrogens with one attached hydrogen (secondary N) is 1. The maximum atomic E-state index is 10.6. The monoisotopic (exact) mass is 245 g/mol. The summed E-state index contributed by atoms with van der Waals surface area (Å²) in [6, 6.07) is 11.2. The molecular formula is C12H11N3O3. The van der Waals surface area contributed by atoms with Crippen molar-refractivity contribution in [2.24, 2.45) is 0 Å². The average molecular weight is 245 g/mol. The number of hydrogen-bond donors (Lipinski definition) is 1. The molecule has 0 fully saturated rings. The summed E-state index contributed by atoms with van der Waals surface area (Å²) in [5, 5.41) is 13.5. The Morgan fingerprint density at radius 2 is 2.06 bits per heavy atom. The molecule has 2 aromatic rings. The van der Waals surface area contributed by atoms with Crippen molar-refractivity contribution < 1.29 is 9.66 Å². The number of nitro groups is 1. The number of benzene rings is 1. The first-order chi connectivity index (χ1) is 8.69. The maximum absolute atomic E-state index is 10.6. The molecule has 0 radical (unpaired) electrons. The molecule has 18 heavy (non-hydrogen) atoms. The lowest BCUT2D eigenvalue weighted by Gasteiger charge is -2.05. The summed E-state index contributed by atoms with van der Waals surface area (Å²) in [7, 11) is 1.75. The highest BCUT2D eigenvalue weighted by Gasteiger charge is 2.07. The molecule has 0 aliphatic rings. The third-order valence-electron chi connectivity index (χ3n) is 2.23. The normalized spacial score (nSPS) is 9.83. The van der Waals surface area contributed by atoms with E-state index in [9.17, 15) is 10.1 Å². The zero-order valence-corrected chi connectivity index (χ0v) is 9.66. The molecule has 0 aliphatic heterocycles. The third kappa shape index (κ3) is 2.73. The molecule has 6 nitrogen and oxygen atoms in total. The summed E-state index contributed by atoms with van der Waals surface area (Å²) in [5.41, 5.74) is -0.0164. The van der Waals surface area contributed by atoms with Crippen molar-refractivity contribution in [2.75, 3.05) is 12.4 Å². The van der Waals surface area contributed by atoms with Crippen LogP contribution < -0.4 is 10.1 Å². The summed E-state index contributed by atoms with van der Waals surface area (Å²) >= 11 is 0. The summed E-state index contributed by atoms with van der Waals surface area (Å²) in [6.07, 6.45) is 0. The van der Waals surface area contributed by atoms with Crippen molar-refractivity contribution in [3.8, 4) is 11.6 Å². The second-order valence-electron chi connectivity index (χ2n) is 3.47. The van der Waals surface area contributed by atoms with E-state index >= 15 is 0 Å². The number of nitro benzene ring substituents is 1. The fraction of sp³-hybridized carbons (Fsp3) is 0.0833. The average Bonchev–Trinajstić information content (AvgIpc) is 2.39.